The Morgan fingerprint density at radius 1 is 0.364 bits per heavy atom. The molecule has 2 spiro atoms. The Morgan fingerprint density at radius 3 is 1.01 bits per heavy atom. The number of benzene rings is 9. The first-order chi connectivity index (χ1) is 37.5. The predicted molar refractivity (Wildman–Crippen MR) is 311 cm³/mol. The summed E-state index contributed by atoms with van der Waals surface area (Å²) in [7, 11) is 0. The molecule has 0 unspecified atom stereocenters. The predicted octanol–water partition coefficient (Wildman–Crippen LogP) is 13.2. The lowest BCUT2D eigenvalue weighted by atomic mass is 9.34. The largest absolute Gasteiger partial charge is 0.281 e. The van der Waals surface area contributed by atoms with Gasteiger partial charge in [-0.2, -0.15) is 0 Å². The van der Waals surface area contributed by atoms with Crippen LogP contribution in [0.1, 0.15) is 97.7 Å². The maximum atomic E-state index is 6.10. The molecule has 18 rings (SSSR count). The van der Waals surface area contributed by atoms with Crippen LogP contribution in [0.4, 0.5) is 0 Å². The average Bonchev–Trinajstić information content (AvgIpc) is 4.29. The molecule has 0 fully saturated rings. The summed E-state index contributed by atoms with van der Waals surface area (Å²) in [4.78, 5) is 23.9. The molecule has 9 aromatic carbocycles. The van der Waals surface area contributed by atoms with Gasteiger partial charge in [0.05, 0.1) is 32.9 Å². The van der Waals surface area contributed by atoms with Crippen LogP contribution in [0.5, 0.6) is 0 Å². The summed E-state index contributed by atoms with van der Waals surface area (Å²) in [6.45, 7) is 13.6. The molecule has 7 heteroatoms. The van der Waals surface area contributed by atoms with Crippen LogP contribution >= 0.6 is 0 Å². The zero-order chi connectivity index (χ0) is 51.2. The molecule has 0 radical (unpaired) electrons. The third-order valence-electron chi connectivity index (χ3n) is 18.4. The van der Waals surface area contributed by atoms with Crippen LogP contribution in [-0.2, 0) is 21.7 Å². The van der Waals surface area contributed by atoms with Gasteiger partial charge < -0.3 is 0 Å². The van der Waals surface area contributed by atoms with E-state index in [1.165, 1.54) is 99.9 Å². The fourth-order valence-electron chi connectivity index (χ4n) is 15.8. The van der Waals surface area contributed by atoms with Crippen molar-refractivity contribution < 1.29 is 0 Å². The zero-order valence-corrected chi connectivity index (χ0v) is 43.7. The maximum absolute atomic E-state index is 6.10. The van der Waals surface area contributed by atoms with E-state index < -0.39 is 10.8 Å². The van der Waals surface area contributed by atoms with Crippen molar-refractivity contribution in [2.45, 2.75) is 63.2 Å². The first-order valence-electron chi connectivity index (χ1n) is 27.3. The minimum Gasteiger partial charge on any atom is -0.281 e. The van der Waals surface area contributed by atoms with E-state index in [2.05, 4.69) is 239 Å². The van der Waals surface area contributed by atoms with Gasteiger partial charge in [-0.15, -0.1) is 0 Å². The molecule has 2 aliphatic heterocycles. The maximum Gasteiger partial charge on any atom is 0.256 e. The molecule has 77 heavy (non-hydrogen) atoms. The molecule has 3 aromatic heterocycles. The number of imidazole rings is 2. The van der Waals surface area contributed by atoms with Gasteiger partial charge in [-0.3, -0.25) is 9.13 Å². The molecular weight excluding hydrogens is 936 g/mol. The second kappa shape index (κ2) is 13.7. The summed E-state index contributed by atoms with van der Waals surface area (Å²) in [5, 5.41) is 0. The quantitative estimate of drug-likeness (QED) is 0.154. The number of aromatic nitrogens is 6. The summed E-state index contributed by atoms with van der Waals surface area (Å²) in [6.07, 6.45) is 0. The van der Waals surface area contributed by atoms with Gasteiger partial charge in [-0.1, -0.05) is 230 Å². The summed E-state index contributed by atoms with van der Waals surface area (Å²) in [5.74, 6) is 4.41. The van der Waals surface area contributed by atoms with Crippen LogP contribution < -0.4 is 16.4 Å². The van der Waals surface area contributed by atoms with Crippen molar-refractivity contribution >= 4 is 45.2 Å². The Hall–Kier alpha value is -8.94. The van der Waals surface area contributed by atoms with Gasteiger partial charge in [-0.25, -0.2) is 19.9 Å². The van der Waals surface area contributed by atoms with E-state index in [0.29, 0.717) is 5.82 Å². The lowest BCUT2D eigenvalue weighted by molar-refractivity contribution is 0.535. The SMILES string of the molecule is CC(C)(C)c1nc2c3c(cc4c2n1-c1nc(-c2ccccc2)nc2c1B4c1cc4c(c5nc(C(C)(C)C)n-2c15)C1(c2ccccc2-c2ccccc21)c1ccccc1-4)-c1ccccc1C31c2ccccc2-c2ccccc21. The Bertz CT molecular complexity index is 4370. The number of hydrogen-bond donors (Lipinski definition) is 0. The van der Waals surface area contributed by atoms with Crippen LogP contribution in [0, 0.1) is 0 Å². The van der Waals surface area contributed by atoms with Gasteiger partial charge in [0, 0.05) is 33.0 Å². The summed E-state index contributed by atoms with van der Waals surface area (Å²) in [5.41, 5.74) is 27.3. The summed E-state index contributed by atoms with van der Waals surface area (Å²) >= 11 is 0. The van der Waals surface area contributed by atoms with E-state index >= 15 is 0 Å². The van der Waals surface area contributed by atoms with E-state index in [0.717, 1.165) is 56.4 Å². The Balaban J connectivity index is 1.05. The second-order valence-corrected chi connectivity index (χ2v) is 24.4. The Labute approximate surface area is 446 Å². The van der Waals surface area contributed by atoms with Gasteiger partial charge >= 0.3 is 0 Å². The fourth-order valence-corrected chi connectivity index (χ4v) is 15.8. The second-order valence-electron chi connectivity index (χ2n) is 24.4. The van der Waals surface area contributed by atoms with Gasteiger partial charge in [0.25, 0.3) is 6.71 Å². The molecule has 362 valence electrons. The van der Waals surface area contributed by atoms with Gasteiger partial charge in [0.15, 0.2) is 5.82 Å². The number of rotatable bonds is 1. The highest BCUT2D eigenvalue weighted by Crippen LogP contribution is 2.66. The number of nitrogens with zero attached hydrogens (tertiary/aromatic N) is 6. The van der Waals surface area contributed by atoms with E-state index in [-0.39, 0.29) is 17.5 Å². The molecule has 5 heterocycles. The van der Waals surface area contributed by atoms with Crippen molar-refractivity contribution in [2.75, 3.05) is 0 Å². The molecule has 0 saturated heterocycles. The van der Waals surface area contributed by atoms with Crippen LogP contribution in [0.15, 0.2) is 188 Å². The smallest absolute Gasteiger partial charge is 0.256 e. The van der Waals surface area contributed by atoms with Crippen LogP contribution in [-0.4, -0.2) is 35.8 Å². The van der Waals surface area contributed by atoms with Crippen LogP contribution in [0.3, 0.4) is 0 Å². The molecule has 12 aromatic rings. The first kappa shape index (κ1) is 42.3. The van der Waals surface area contributed by atoms with Gasteiger partial charge in [0.2, 0.25) is 0 Å². The van der Waals surface area contributed by atoms with Crippen molar-refractivity contribution in [3.63, 3.8) is 0 Å². The topological polar surface area (TPSA) is 61.4 Å². The minimum absolute atomic E-state index is 0.266. The molecule has 4 aliphatic carbocycles. The zero-order valence-electron chi connectivity index (χ0n) is 43.7. The van der Waals surface area contributed by atoms with E-state index in [1.807, 2.05) is 0 Å². The Morgan fingerprint density at radius 2 is 0.675 bits per heavy atom. The van der Waals surface area contributed by atoms with Crippen molar-refractivity contribution in [1.29, 1.82) is 0 Å². The third kappa shape index (κ3) is 4.73. The van der Waals surface area contributed by atoms with Crippen LogP contribution in [0.2, 0.25) is 0 Å². The number of hydrogen-bond acceptors (Lipinski definition) is 4. The normalized spacial score (nSPS) is 15.3. The first-order valence-corrected chi connectivity index (χ1v) is 27.3. The lowest BCUT2D eigenvalue weighted by Crippen LogP contribution is -2.60. The summed E-state index contributed by atoms with van der Waals surface area (Å²) in [6, 6.07) is 70.5. The summed E-state index contributed by atoms with van der Waals surface area (Å²) < 4.78 is 4.94. The van der Waals surface area contributed by atoms with Crippen molar-refractivity contribution in [2.24, 2.45) is 0 Å². The van der Waals surface area contributed by atoms with E-state index in [9.17, 15) is 0 Å². The molecule has 6 nitrogen and oxygen atoms in total. The van der Waals surface area contributed by atoms with Crippen molar-refractivity contribution in [1.82, 2.24) is 29.1 Å². The molecule has 0 saturated carbocycles. The highest BCUT2D eigenvalue weighted by Gasteiger charge is 2.58. The highest BCUT2D eigenvalue weighted by atomic mass is 15.2. The van der Waals surface area contributed by atoms with Crippen LogP contribution in [0.25, 0.3) is 89.6 Å². The van der Waals surface area contributed by atoms with Crippen molar-refractivity contribution in [3.8, 4) is 67.5 Å². The third-order valence-corrected chi connectivity index (χ3v) is 18.4. The minimum atomic E-state index is -0.599. The monoisotopic (exact) mass is 984 g/mol. The molecule has 0 amide bonds. The molecule has 0 atom stereocenters. The molecule has 6 aliphatic rings. The molecule has 0 N–H and O–H groups in total. The average molecular weight is 985 g/mol. The number of fused-ring (bicyclic) bond motifs is 26. The Kier molecular flexibility index (Phi) is 7.54. The molecular formula is C70H49BN6. The standard InChI is InChI=1S/C70H49BN6/c1-67(2,3)65-72-58-55-45(43-28-14-20-34-51(43)69(55)47-30-16-10-24-39(47)40-25-11-17-31-48(40)69)36-53-60(58)76(65)63-57-64(75-62(74-63)38-22-8-7-9-23-38)77-61-54(71(53)57)37-46-44-29-15-21-35-52(44)70(56(46)59(61)73-66(77)68(4,5)6)49-32-18-12-26-41(49)42-27-13-19-33-50(42)70/h7-37H,1-6H3. The van der Waals surface area contributed by atoms with E-state index in [4.69, 9.17) is 19.9 Å². The van der Waals surface area contributed by atoms with Gasteiger partial charge in [0.1, 0.15) is 23.3 Å². The van der Waals surface area contributed by atoms with Crippen molar-refractivity contribution in [3.05, 3.63) is 244 Å². The van der Waals surface area contributed by atoms with Gasteiger partial charge in [-0.05, 0) is 88.8 Å². The highest BCUT2D eigenvalue weighted by molar-refractivity contribution is 7.00. The molecule has 0 bridgehead atoms. The van der Waals surface area contributed by atoms with E-state index in [1.54, 1.807) is 0 Å². The fraction of sp³-hybridized carbons (Fsp3) is 0.143. The lowest BCUT2D eigenvalue weighted by Gasteiger charge is -2.36.